The molecule has 0 spiro atoms. The Morgan fingerprint density at radius 3 is 2.56 bits per heavy atom. The molecule has 2 rings (SSSR count). The molecule has 1 fully saturated rings. The molecule has 2 heterocycles. The minimum absolute atomic E-state index is 0.116. The Balaban J connectivity index is 2.16. The van der Waals surface area contributed by atoms with Gasteiger partial charge in [-0.05, 0) is 19.4 Å². The number of hydrogen-bond donors (Lipinski definition) is 1. The van der Waals surface area contributed by atoms with E-state index in [9.17, 15) is 5.11 Å². The number of nitrogens with zero attached hydrogens (tertiary/aromatic N) is 3. The van der Waals surface area contributed by atoms with Crippen LogP contribution >= 0.6 is 11.3 Å². The van der Waals surface area contributed by atoms with Gasteiger partial charge in [-0.3, -0.25) is 0 Å². The van der Waals surface area contributed by atoms with Crippen LogP contribution < -0.4 is 4.90 Å². The molecule has 1 aliphatic rings. The normalized spacial score (nSPS) is 19.2. The summed E-state index contributed by atoms with van der Waals surface area (Å²) in [7, 11) is 2.16. The maximum Gasteiger partial charge on any atom is 0.185 e. The smallest absolute Gasteiger partial charge is 0.185 e. The highest BCUT2D eigenvalue weighted by Gasteiger charge is 2.21. The molecule has 1 N–H and O–H groups in total. The zero-order chi connectivity index (χ0) is 13.1. The summed E-state index contributed by atoms with van der Waals surface area (Å²) < 4.78 is 0. The second kappa shape index (κ2) is 5.99. The van der Waals surface area contributed by atoms with Gasteiger partial charge in [0.2, 0.25) is 0 Å². The van der Waals surface area contributed by atoms with Gasteiger partial charge in [-0.2, -0.15) is 0 Å². The molecule has 1 saturated heterocycles. The van der Waals surface area contributed by atoms with E-state index in [4.69, 9.17) is 4.98 Å². The van der Waals surface area contributed by atoms with Crippen LogP contribution in [-0.2, 0) is 6.61 Å². The Morgan fingerprint density at radius 2 is 2.00 bits per heavy atom. The summed E-state index contributed by atoms with van der Waals surface area (Å²) in [6.07, 6.45) is 1.07. The lowest BCUT2D eigenvalue weighted by atomic mass is 10.0. The molecular weight excluding hydrogens is 246 g/mol. The number of aromatic nitrogens is 1. The van der Waals surface area contributed by atoms with Crippen molar-refractivity contribution in [2.24, 2.45) is 0 Å². The molecule has 0 aliphatic carbocycles. The molecule has 1 aliphatic heterocycles. The first-order valence-corrected chi connectivity index (χ1v) is 7.51. The minimum Gasteiger partial charge on any atom is -0.391 e. The first-order valence-electron chi connectivity index (χ1n) is 6.69. The Morgan fingerprint density at radius 1 is 1.33 bits per heavy atom. The van der Waals surface area contributed by atoms with Crippen LogP contribution in [0.15, 0.2) is 0 Å². The molecule has 0 bridgehead atoms. The zero-order valence-electron chi connectivity index (χ0n) is 11.5. The van der Waals surface area contributed by atoms with Crippen LogP contribution in [0.4, 0.5) is 5.13 Å². The van der Waals surface area contributed by atoms with Crippen LogP contribution in [0.2, 0.25) is 0 Å². The van der Waals surface area contributed by atoms with Crippen LogP contribution in [-0.4, -0.2) is 48.2 Å². The zero-order valence-corrected chi connectivity index (χ0v) is 12.3. The van der Waals surface area contributed by atoms with Gasteiger partial charge in [0.05, 0.1) is 17.2 Å². The second-order valence-corrected chi connectivity index (χ2v) is 6.12. The van der Waals surface area contributed by atoms with Crippen molar-refractivity contribution >= 4 is 16.5 Å². The van der Waals surface area contributed by atoms with E-state index in [-0.39, 0.29) is 6.61 Å². The quantitative estimate of drug-likeness (QED) is 0.906. The van der Waals surface area contributed by atoms with Gasteiger partial charge in [-0.25, -0.2) is 4.98 Å². The van der Waals surface area contributed by atoms with E-state index >= 15 is 0 Å². The predicted octanol–water partition coefficient (Wildman–Crippen LogP) is 1.90. The van der Waals surface area contributed by atoms with E-state index in [0.29, 0.717) is 5.92 Å². The molecule has 18 heavy (non-hydrogen) atoms. The number of piperazine rings is 1. The van der Waals surface area contributed by atoms with Gasteiger partial charge in [0.1, 0.15) is 0 Å². The third-order valence-corrected chi connectivity index (χ3v) is 4.83. The Kier molecular flexibility index (Phi) is 4.59. The Bertz CT molecular complexity index is 386. The lowest BCUT2D eigenvalue weighted by Gasteiger charge is -2.32. The topological polar surface area (TPSA) is 39.6 Å². The number of rotatable bonds is 4. The molecule has 4 nitrogen and oxygen atoms in total. The van der Waals surface area contributed by atoms with Gasteiger partial charge in [0.15, 0.2) is 5.13 Å². The van der Waals surface area contributed by atoms with E-state index < -0.39 is 0 Å². The van der Waals surface area contributed by atoms with E-state index in [2.05, 4.69) is 30.7 Å². The van der Waals surface area contributed by atoms with Gasteiger partial charge in [-0.15, -0.1) is 0 Å². The van der Waals surface area contributed by atoms with Crippen molar-refractivity contribution < 1.29 is 5.11 Å². The monoisotopic (exact) mass is 269 g/mol. The van der Waals surface area contributed by atoms with Gasteiger partial charge in [0, 0.05) is 26.2 Å². The maximum atomic E-state index is 9.46. The molecule has 1 aromatic heterocycles. The summed E-state index contributed by atoms with van der Waals surface area (Å²) in [6.45, 7) is 8.72. The standard InChI is InChI=1S/C13H23N3OS/c1-4-10(2)12-11(9-17)18-13(14-12)16-7-5-15(3)6-8-16/h10,17H,4-9H2,1-3H3. The lowest BCUT2D eigenvalue weighted by molar-refractivity contribution is 0.283. The number of anilines is 1. The molecule has 1 atom stereocenters. The average molecular weight is 269 g/mol. The highest BCUT2D eigenvalue weighted by molar-refractivity contribution is 7.15. The molecule has 102 valence electrons. The first-order chi connectivity index (χ1) is 8.65. The van der Waals surface area contributed by atoms with E-state index in [1.807, 2.05) is 0 Å². The summed E-state index contributed by atoms with van der Waals surface area (Å²) in [4.78, 5) is 10.5. The number of likely N-dealkylation sites (N-methyl/N-ethyl adjacent to an activating group) is 1. The molecule has 0 amide bonds. The van der Waals surface area contributed by atoms with Crippen molar-refractivity contribution in [2.45, 2.75) is 32.8 Å². The second-order valence-electron chi connectivity index (χ2n) is 5.06. The van der Waals surface area contributed by atoms with Crippen molar-refractivity contribution in [1.82, 2.24) is 9.88 Å². The Hall–Kier alpha value is -0.650. The first kappa shape index (κ1) is 13.8. The molecule has 1 aromatic rings. The van der Waals surface area contributed by atoms with Crippen LogP contribution in [0, 0.1) is 0 Å². The summed E-state index contributed by atoms with van der Waals surface area (Å²) in [5.74, 6) is 0.435. The maximum absolute atomic E-state index is 9.46. The molecule has 1 unspecified atom stereocenters. The van der Waals surface area contributed by atoms with Gasteiger partial charge in [-0.1, -0.05) is 25.2 Å². The molecular formula is C13H23N3OS. The van der Waals surface area contributed by atoms with E-state index in [1.165, 1.54) is 0 Å². The van der Waals surface area contributed by atoms with Crippen LogP contribution in [0.25, 0.3) is 0 Å². The third kappa shape index (κ3) is 2.84. The van der Waals surface area contributed by atoms with Gasteiger partial charge >= 0.3 is 0 Å². The SMILES string of the molecule is CCC(C)c1nc(N2CCN(C)CC2)sc1CO. The fraction of sp³-hybridized carbons (Fsp3) is 0.769. The van der Waals surface area contributed by atoms with Crippen molar-refractivity contribution in [3.8, 4) is 0 Å². The average Bonchev–Trinajstić information content (AvgIpc) is 2.82. The predicted molar refractivity (Wildman–Crippen MR) is 76.5 cm³/mol. The van der Waals surface area contributed by atoms with Crippen molar-refractivity contribution in [2.75, 3.05) is 38.1 Å². The number of hydrogen-bond acceptors (Lipinski definition) is 5. The van der Waals surface area contributed by atoms with Crippen molar-refractivity contribution in [1.29, 1.82) is 0 Å². The van der Waals surface area contributed by atoms with Crippen LogP contribution in [0.3, 0.4) is 0 Å². The number of aliphatic hydroxyl groups is 1. The Labute approximate surface area is 113 Å². The third-order valence-electron chi connectivity index (χ3n) is 3.71. The van der Waals surface area contributed by atoms with Crippen molar-refractivity contribution in [3.05, 3.63) is 10.6 Å². The van der Waals surface area contributed by atoms with Crippen LogP contribution in [0.1, 0.15) is 36.8 Å². The van der Waals surface area contributed by atoms with Gasteiger partial charge in [0.25, 0.3) is 0 Å². The lowest BCUT2D eigenvalue weighted by Crippen LogP contribution is -2.44. The fourth-order valence-corrected chi connectivity index (χ4v) is 3.27. The number of aliphatic hydroxyl groups excluding tert-OH is 1. The van der Waals surface area contributed by atoms with Crippen molar-refractivity contribution in [3.63, 3.8) is 0 Å². The number of thiazole rings is 1. The van der Waals surface area contributed by atoms with E-state index in [1.54, 1.807) is 11.3 Å². The van der Waals surface area contributed by atoms with E-state index in [0.717, 1.165) is 48.3 Å². The highest BCUT2D eigenvalue weighted by Crippen LogP contribution is 2.32. The highest BCUT2D eigenvalue weighted by atomic mass is 32.1. The summed E-state index contributed by atoms with van der Waals surface area (Å²) >= 11 is 1.66. The molecule has 0 radical (unpaired) electrons. The largest absolute Gasteiger partial charge is 0.391 e. The summed E-state index contributed by atoms with van der Waals surface area (Å²) in [5, 5.41) is 10.5. The minimum atomic E-state index is 0.116. The molecule has 0 saturated carbocycles. The fourth-order valence-electron chi connectivity index (χ4n) is 2.18. The van der Waals surface area contributed by atoms with Gasteiger partial charge < -0.3 is 14.9 Å². The molecule has 5 heteroatoms. The summed E-state index contributed by atoms with van der Waals surface area (Å²) in [6, 6.07) is 0. The molecule has 0 aromatic carbocycles. The van der Waals surface area contributed by atoms with Crippen LogP contribution in [0.5, 0.6) is 0 Å². The summed E-state index contributed by atoms with van der Waals surface area (Å²) in [5.41, 5.74) is 1.10.